The fraction of sp³-hybridized carbons (Fsp3) is 0.300. The first kappa shape index (κ1) is 15.8. The van der Waals surface area contributed by atoms with E-state index >= 15 is 0 Å². The number of nitrogens with one attached hydrogen (secondary N) is 1. The Bertz CT molecular complexity index is 885. The number of hydrogen-bond donors (Lipinski definition) is 2. The number of aliphatic hydroxyl groups excluding tert-OH is 1. The Labute approximate surface area is 145 Å². The number of amides is 1. The average molecular weight is 336 g/mol. The number of carbonyl (C=O) groups excluding carboxylic acids is 1. The molecule has 0 aliphatic heterocycles. The monoisotopic (exact) mass is 336 g/mol. The summed E-state index contributed by atoms with van der Waals surface area (Å²) in [4.78, 5) is 16.9. The number of aromatic nitrogens is 1. The Morgan fingerprint density at radius 1 is 1.16 bits per heavy atom. The van der Waals surface area contributed by atoms with Gasteiger partial charge < -0.3 is 14.8 Å². The fourth-order valence-electron chi connectivity index (χ4n) is 3.47. The molecule has 1 aromatic carbocycles. The standard InChI is InChI=1S/C20H20N2O3/c23-16-3-1-2-15(12-16)22-20(24)14-6-4-13(5-7-14)19-17-9-11-25-18(17)8-10-21-19/h4-11,15-16,23H,1-3,12H2,(H,22,24). The van der Waals surface area contributed by atoms with E-state index in [9.17, 15) is 9.90 Å². The molecular weight excluding hydrogens is 316 g/mol. The summed E-state index contributed by atoms with van der Waals surface area (Å²) in [5, 5.41) is 13.7. The number of furan rings is 1. The number of fused-ring (bicyclic) bond motifs is 1. The maximum Gasteiger partial charge on any atom is 0.251 e. The molecule has 1 amide bonds. The number of nitrogens with zero attached hydrogens (tertiary/aromatic N) is 1. The minimum atomic E-state index is -0.303. The molecule has 2 aromatic heterocycles. The third kappa shape index (κ3) is 3.28. The Hall–Kier alpha value is -2.66. The van der Waals surface area contributed by atoms with Crippen molar-refractivity contribution in [3.63, 3.8) is 0 Å². The van der Waals surface area contributed by atoms with Gasteiger partial charge in [0, 0.05) is 28.8 Å². The molecule has 2 heterocycles. The molecule has 3 aromatic rings. The van der Waals surface area contributed by atoms with Crippen LogP contribution in [0.15, 0.2) is 53.3 Å². The van der Waals surface area contributed by atoms with Gasteiger partial charge in [-0.3, -0.25) is 9.78 Å². The predicted octanol–water partition coefficient (Wildman–Crippen LogP) is 3.53. The van der Waals surface area contributed by atoms with Crippen molar-refractivity contribution in [1.29, 1.82) is 0 Å². The first-order chi connectivity index (χ1) is 12.2. The second kappa shape index (κ2) is 6.69. The topological polar surface area (TPSA) is 75.4 Å². The van der Waals surface area contributed by atoms with Crippen LogP contribution in [0.2, 0.25) is 0 Å². The minimum absolute atomic E-state index is 0.0530. The highest BCUT2D eigenvalue weighted by Gasteiger charge is 2.22. The van der Waals surface area contributed by atoms with Crippen molar-refractivity contribution < 1.29 is 14.3 Å². The van der Waals surface area contributed by atoms with Crippen molar-refractivity contribution in [1.82, 2.24) is 10.3 Å². The second-order valence-electron chi connectivity index (χ2n) is 6.56. The van der Waals surface area contributed by atoms with Crippen molar-refractivity contribution in [2.75, 3.05) is 0 Å². The predicted molar refractivity (Wildman–Crippen MR) is 95.2 cm³/mol. The van der Waals surface area contributed by atoms with Crippen molar-refractivity contribution in [3.8, 4) is 11.3 Å². The highest BCUT2D eigenvalue weighted by Crippen LogP contribution is 2.27. The van der Waals surface area contributed by atoms with Crippen LogP contribution in [0.3, 0.4) is 0 Å². The SMILES string of the molecule is O=C(NC1CCCC(O)C1)c1ccc(-c2nccc3occc23)cc1. The van der Waals surface area contributed by atoms with E-state index < -0.39 is 0 Å². The van der Waals surface area contributed by atoms with Crippen LogP contribution in [-0.2, 0) is 0 Å². The van der Waals surface area contributed by atoms with Gasteiger partial charge in [0.25, 0.3) is 5.91 Å². The summed E-state index contributed by atoms with van der Waals surface area (Å²) in [7, 11) is 0. The van der Waals surface area contributed by atoms with Crippen molar-refractivity contribution >= 4 is 16.9 Å². The number of rotatable bonds is 3. The van der Waals surface area contributed by atoms with Crippen molar-refractivity contribution in [2.24, 2.45) is 0 Å². The maximum absolute atomic E-state index is 12.4. The van der Waals surface area contributed by atoms with Crippen LogP contribution in [0.4, 0.5) is 0 Å². The summed E-state index contributed by atoms with van der Waals surface area (Å²) in [6.45, 7) is 0. The fourth-order valence-corrected chi connectivity index (χ4v) is 3.47. The molecule has 0 spiro atoms. The highest BCUT2D eigenvalue weighted by molar-refractivity contribution is 5.96. The number of carbonyl (C=O) groups is 1. The number of aliphatic hydroxyl groups is 1. The van der Waals surface area contributed by atoms with E-state index in [-0.39, 0.29) is 18.1 Å². The first-order valence-corrected chi connectivity index (χ1v) is 8.62. The van der Waals surface area contributed by atoms with E-state index in [4.69, 9.17) is 4.42 Å². The molecule has 25 heavy (non-hydrogen) atoms. The van der Waals surface area contributed by atoms with Gasteiger partial charge in [-0.15, -0.1) is 0 Å². The molecule has 128 valence electrons. The lowest BCUT2D eigenvalue weighted by atomic mass is 9.93. The van der Waals surface area contributed by atoms with Crippen molar-refractivity contribution in [2.45, 2.75) is 37.8 Å². The van der Waals surface area contributed by atoms with Gasteiger partial charge >= 0.3 is 0 Å². The molecule has 1 aliphatic carbocycles. The van der Waals surface area contributed by atoms with E-state index in [2.05, 4.69) is 10.3 Å². The number of pyridine rings is 1. The summed E-state index contributed by atoms with van der Waals surface area (Å²) in [6.07, 6.45) is 6.40. The molecule has 1 fully saturated rings. The summed E-state index contributed by atoms with van der Waals surface area (Å²) in [5.74, 6) is -0.0971. The van der Waals surface area contributed by atoms with Gasteiger partial charge in [0.1, 0.15) is 5.58 Å². The van der Waals surface area contributed by atoms with Crippen LogP contribution in [0.1, 0.15) is 36.0 Å². The van der Waals surface area contributed by atoms with E-state index in [1.54, 1.807) is 12.5 Å². The zero-order valence-electron chi connectivity index (χ0n) is 13.8. The molecule has 0 saturated heterocycles. The molecule has 0 radical (unpaired) electrons. The van der Waals surface area contributed by atoms with E-state index in [1.807, 2.05) is 36.4 Å². The van der Waals surface area contributed by atoms with Gasteiger partial charge in [0.2, 0.25) is 0 Å². The molecule has 4 rings (SSSR count). The van der Waals surface area contributed by atoms with Gasteiger partial charge in [-0.1, -0.05) is 12.1 Å². The largest absolute Gasteiger partial charge is 0.464 e. The molecule has 1 saturated carbocycles. The third-order valence-electron chi connectivity index (χ3n) is 4.78. The zero-order chi connectivity index (χ0) is 17.2. The lowest BCUT2D eigenvalue weighted by molar-refractivity contribution is 0.0850. The number of benzene rings is 1. The lowest BCUT2D eigenvalue weighted by Crippen LogP contribution is -2.39. The van der Waals surface area contributed by atoms with Crippen LogP contribution in [-0.4, -0.2) is 28.1 Å². The summed E-state index contributed by atoms with van der Waals surface area (Å²) in [5.41, 5.74) is 3.19. The van der Waals surface area contributed by atoms with Crippen molar-refractivity contribution in [3.05, 3.63) is 54.4 Å². The van der Waals surface area contributed by atoms with Crippen LogP contribution in [0, 0.1) is 0 Å². The minimum Gasteiger partial charge on any atom is -0.464 e. The number of hydrogen-bond acceptors (Lipinski definition) is 4. The lowest BCUT2D eigenvalue weighted by Gasteiger charge is -2.26. The van der Waals surface area contributed by atoms with Crippen LogP contribution >= 0.6 is 0 Å². The summed E-state index contributed by atoms with van der Waals surface area (Å²) < 4.78 is 5.41. The molecule has 0 bridgehead atoms. The molecule has 5 heteroatoms. The first-order valence-electron chi connectivity index (χ1n) is 8.62. The average Bonchev–Trinajstić information content (AvgIpc) is 3.10. The Balaban J connectivity index is 1.52. The smallest absolute Gasteiger partial charge is 0.251 e. The zero-order valence-corrected chi connectivity index (χ0v) is 13.8. The van der Waals surface area contributed by atoms with Gasteiger partial charge in [-0.25, -0.2) is 0 Å². The maximum atomic E-state index is 12.4. The van der Waals surface area contributed by atoms with Crippen LogP contribution in [0.5, 0.6) is 0 Å². The van der Waals surface area contributed by atoms with E-state index in [0.717, 1.165) is 41.5 Å². The molecular formula is C20H20N2O3. The molecule has 5 nitrogen and oxygen atoms in total. The van der Waals surface area contributed by atoms with Crippen LogP contribution in [0.25, 0.3) is 22.2 Å². The Morgan fingerprint density at radius 3 is 2.80 bits per heavy atom. The Morgan fingerprint density at radius 2 is 2.00 bits per heavy atom. The third-order valence-corrected chi connectivity index (χ3v) is 4.78. The van der Waals surface area contributed by atoms with E-state index in [0.29, 0.717) is 12.0 Å². The molecule has 2 N–H and O–H groups in total. The highest BCUT2D eigenvalue weighted by atomic mass is 16.3. The quantitative estimate of drug-likeness (QED) is 0.767. The van der Waals surface area contributed by atoms with Crippen LogP contribution < -0.4 is 5.32 Å². The van der Waals surface area contributed by atoms with Gasteiger partial charge in [0.05, 0.1) is 18.1 Å². The summed E-state index contributed by atoms with van der Waals surface area (Å²) >= 11 is 0. The normalized spacial score (nSPS) is 20.5. The van der Waals surface area contributed by atoms with Gasteiger partial charge in [-0.05, 0) is 49.9 Å². The second-order valence-corrected chi connectivity index (χ2v) is 6.56. The molecule has 2 unspecified atom stereocenters. The molecule has 1 aliphatic rings. The Kier molecular flexibility index (Phi) is 4.24. The van der Waals surface area contributed by atoms with Gasteiger partial charge in [-0.2, -0.15) is 0 Å². The molecule has 2 atom stereocenters. The summed E-state index contributed by atoms with van der Waals surface area (Å²) in [6, 6.07) is 11.2. The van der Waals surface area contributed by atoms with Gasteiger partial charge in [0.15, 0.2) is 0 Å². The van der Waals surface area contributed by atoms with E-state index in [1.165, 1.54) is 0 Å².